The Morgan fingerprint density at radius 3 is 2.85 bits per heavy atom. The van der Waals surface area contributed by atoms with E-state index in [2.05, 4.69) is 0 Å². The SMILES string of the molecule is NCCSCc1ccc(C(N)=O)o1. The summed E-state index contributed by atoms with van der Waals surface area (Å²) < 4.78 is 5.16. The van der Waals surface area contributed by atoms with Gasteiger partial charge in [0.2, 0.25) is 0 Å². The number of hydrogen-bond donors (Lipinski definition) is 2. The van der Waals surface area contributed by atoms with Crippen LogP contribution in [0.5, 0.6) is 0 Å². The van der Waals surface area contributed by atoms with Crippen molar-refractivity contribution in [3.05, 3.63) is 23.7 Å². The van der Waals surface area contributed by atoms with E-state index in [4.69, 9.17) is 15.9 Å². The molecule has 4 N–H and O–H groups in total. The van der Waals surface area contributed by atoms with Gasteiger partial charge in [-0.15, -0.1) is 0 Å². The van der Waals surface area contributed by atoms with Gasteiger partial charge in [-0.3, -0.25) is 4.79 Å². The molecule has 0 aromatic carbocycles. The lowest BCUT2D eigenvalue weighted by molar-refractivity contribution is 0.0972. The lowest BCUT2D eigenvalue weighted by Crippen LogP contribution is -2.09. The predicted molar refractivity (Wildman–Crippen MR) is 52.4 cm³/mol. The van der Waals surface area contributed by atoms with Gasteiger partial charge in [-0.2, -0.15) is 11.8 Å². The van der Waals surface area contributed by atoms with E-state index < -0.39 is 5.91 Å². The molecule has 4 nitrogen and oxygen atoms in total. The number of thioether (sulfide) groups is 1. The number of rotatable bonds is 5. The molecule has 0 aliphatic carbocycles. The summed E-state index contributed by atoms with van der Waals surface area (Å²) >= 11 is 1.66. The van der Waals surface area contributed by atoms with Crippen molar-refractivity contribution < 1.29 is 9.21 Å². The smallest absolute Gasteiger partial charge is 0.284 e. The van der Waals surface area contributed by atoms with E-state index in [0.717, 1.165) is 17.3 Å². The molecule has 0 bridgehead atoms. The van der Waals surface area contributed by atoms with E-state index in [9.17, 15) is 4.79 Å². The number of hydrogen-bond acceptors (Lipinski definition) is 4. The number of carbonyl (C=O) groups is 1. The maximum atomic E-state index is 10.6. The Balaban J connectivity index is 2.44. The summed E-state index contributed by atoms with van der Waals surface area (Å²) in [7, 11) is 0. The van der Waals surface area contributed by atoms with Gasteiger partial charge in [0.05, 0.1) is 5.75 Å². The first kappa shape index (κ1) is 10.1. The van der Waals surface area contributed by atoms with E-state index in [0.29, 0.717) is 6.54 Å². The van der Waals surface area contributed by atoms with Gasteiger partial charge in [0.15, 0.2) is 5.76 Å². The van der Waals surface area contributed by atoms with Crippen molar-refractivity contribution in [3.63, 3.8) is 0 Å². The van der Waals surface area contributed by atoms with Gasteiger partial charge in [-0.05, 0) is 12.1 Å². The summed E-state index contributed by atoms with van der Waals surface area (Å²) in [6, 6.07) is 3.34. The van der Waals surface area contributed by atoms with Gasteiger partial charge < -0.3 is 15.9 Å². The minimum atomic E-state index is -0.532. The number of carbonyl (C=O) groups excluding carboxylic acids is 1. The standard InChI is InChI=1S/C8H12N2O2S/c9-3-4-13-5-6-1-2-7(12-6)8(10)11/h1-2H,3-5,9H2,(H2,10,11). The summed E-state index contributed by atoms with van der Waals surface area (Å²) in [5.41, 5.74) is 10.3. The minimum Gasteiger partial charge on any atom is -0.455 e. The second kappa shape index (κ2) is 4.94. The quantitative estimate of drug-likeness (QED) is 0.681. The maximum absolute atomic E-state index is 10.6. The second-order valence-electron chi connectivity index (χ2n) is 2.47. The average Bonchev–Trinajstić information content (AvgIpc) is 2.53. The van der Waals surface area contributed by atoms with Gasteiger partial charge >= 0.3 is 0 Å². The Morgan fingerprint density at radius 2 is 2.31 bits per heavy atom. The van der Waals surface area contributed by atoms with Gasteiger partial charge in [-0.1, -0.05) is 0 Å². The van der Waals surface area contributed by atoms with Crippen molar-refractivity contribution in [2.24, 2.45) is 11.5 Å². The zero-order valence-electron chi connectivity index (χ0n) is 7.16. The van der Waals surface area contributed by atoms with Crippen LogP contribution in [0, 0.1) is 0 Å². The lowest BCUT2D eigenvalue weighted by atomic mass is 10.4. The molecule has 1 aromatic rings. The third kappa shape index (κ3) is 3.12. The zero-order valence-corrected chi connectivity index (χ0v) is 7.97. The topological polar surface area (TPSA) is 82.2 Å². The fourth-order valence-electron chi connectivity index (χ4n) is 0.844. The molecular weight excluding hydrogens is 188 g/mol. The number of nitrogens with two attached hydrogens (primary N) is 2. The van der Waals surface area contributed by atoms with Gasteiger partial charge in [0.25, 0.3) is 5.91 Å². The highest BCUT2D eigenvalue weighted by atomic mass is 32.2. The minimum absolute atomic E-state index is 0.211. The van der Waals surface area contributed by atoms with Crippen LogP contribution in [0.4, 0.5) is 0 Å². The molecule has 1 heterocycles. The molecular formula is C8H12N2O2S. The fourth-order valence-corrected chi connectivity index (χ4v) is 1.51. The first-order chi connectivity index (χ1) is 6.24. The molecule has 0 spiro atoms. The van der Waals surface area contributed by atoms with Crippen LogP contribution in [0.15, 0.2) is 16.5 Å². The van der Waals surface area contributed by atoms with E-state index in [1.165, 1.54) is 0 Å². The molecule has 0 radical (unpaired) electrons. The van der Waals surface area contributed by atoms with Crippen LogP contribution in [0.25, 0.3) is 0 Å². The van der Waals surface area contributed by atoms with Crippen LogP contribution in [0.2, 0.25) is 0 Å². The Morgan fingerprint density at radius 1 is 1.54 bits per heavy atom. The number of amides is 1. The van der Waals surface area contributed by atoms with Gasteiger partial charge in [-0.25, -0.2) is 0 Å². The molecule has 13 heavy (non-hydrogen) atoms. The first-order valence-corrected chi connectivity index (χ1v) is 5.06. The zero-order chi connectivity index (χ0) is 9.68. The molecule has 0 atom stereocenters. The Kier molecular flexibility index (Phi) is 3.85. The van der Waals surface area contributed by atoms with Crippen LogP contribution in [0.3, 0.4) is 0 Å². The maximum Gasteiger partial charge on any atom is 0.284 e. The van der Waals surface area contributed by atoms with Crippen LogP contribution in [0.1, 0.15) is 16.3 Å². The van der Waals surface area contributed by atoms with E-state index in [1.54, 1.807) is 23.9 Å². The van der Waals surface area contributed by atoms with Crippen molar-refractivity contribution >= 4 is 17.7 Å². The molecule has 1 aromatic heterocycles. The molecule has 0 fully saturated rings. The first-order valence-electron chi connectivity index (χ1n) is 3.90. The fraction of sp³-hybridized carbons (Fsp3) is 0.375. The van der Waals surface area contributed by atoms with Crippen molar-refractivity contribution in [3.8, 4) is 0 Å². The third-order valence-corrected chi connectivity index (χ3v) is 2.42. The largest absolute Gasteiger partial charge is 0.455 e. The van der Waals surface area contributed by atoms with E-state index in [-0.39, 0.29) is 5.76 Å². The second-order valence-corrected chi connectivity index (χ2v) is 3.58. The van der Waals surface area contributed by atoms with Crippen molar-refractivity contribution in [1.82, 2.24) is 0 Å². The van der Waals surface area contributed by atoms with Crippen LogP contribution >= 0.6 is 11.8 Å². The summed E-state index contributed by atoms with van der Waals surface area (Å²) in [6.45, 7) is 0.647. The number of furan rings is 1. The number of primary amides is 1. The molecule has 0 saturated heterocycles. The summed E-state index contributed by atoms with van der Waals surface area (Å²) in [4.78, 5) is 10.6. The monoisotopic (exact) mass is 200 g/mol. The lowest BCUT2D eigenvalue weighted by Gasteiger charge is -1.94. The van der Waals surface area contributed by atoms with Crippen LogP contribution in [-0.2, 0) is 5.75 Å². The molecule has 0 saturated carbocycles. The third-order valence-electron chi connectivity index (χ3n) is 1.41. The van der Waals surface area contributed by atoms with Crippen molar-refractivity contribution in [2.75, 3.05) is 12.3 Å². The Labute approximate surface area is 80.6 Å². The average molecular weight is 200 g/mol. The van der Waals surface area contributed by atoms with E-state index >= 15 is 0 Å². The van der Waals surface area contributed by atoms with Crippen LogP contribution < -0.4 is 11.5 Å². The Bertz CT molecular complexity index is 285. The highest BCUT2D eigenvalue weighted by Crippen LogP contribution is 2.14. The summed E-state index contributed by atoms with van der Waals surface area (Å²) in [5.74, 6) is 2.04. The van der Waals surface area contributed by atoms with E-state index in [1.807, 2.05) is 0 Å². The molecule has 1 amide bonds. The molecule has 1 rings (SSSR count). The highest BCUT2D eigenvalue weighted by molar-refractivity contribution is 7.98. The molecule has 0 aliphatic heterocycles. The molecule has 72 valence electrons. The van der Waals surface area contributed by atoms with Crippen molar-refractivity contribution in [2.45, 2.75) is 5.75 Å². The normalized spacial score (nSPS) is 10.2. The summed E-state index contributed by atoms with van der Waals surface area (Å²) in [5, 5.41) is 0. The summed E-state index contributed by atoms with van der Waals surface area (Å²) in [6.07, 6.45) is 0. The molecule has 0 unspecified atom stereocenters. The van der Waals surface area contributed by atoms with Gasteiger partial charge in [0.1, 0.15) is 5.76 Å². The van der Waals surface area contributed by atoms with Crippen LogP contribution in [-0.4, -0.2) is 18.2 Å². The highest BCUT2D eigenvalue weighted by Gasteiger charge is 2.06. The van der Waals surface area contributed by atoms with Gasteiger partial charge in [0, 0.05) is 12.3 Å². The molecule has 0 aliphatic rings. The molecule has 5 heteroatoms. The van der Waals surface area contributed by atoms with Crippen molar-refractivity contribution in [1.29, 1.82) is 0 Å². The predicted octanol–water partition coefficient (Wildman–Crippen LogP) is 0.570. The Hall–Kier alpha value is -0.940.